The number of nitrogens with zero attached hydrogens (tertiary/aromatic N) is 3. The molecule has 1 N–H and O–H groups in total. The summed E-state index contributed by atoms with van der Waals surface area (Å²) < 4.78 is 24.7. The number of imide groups is 1. The van der Waals surface area contributed by atoms with Crippen LogP contribution in [0.3, 0.4) is 0 Å². The highest BCUT2D eigenvalue weighted by Crippen LogP contribution is 2.33. The maximum absolute atomic E-state index is 13.2. The first-order valence-electron chi connectivity index (χ1n) is 9.15. The number of urea groups is 1. The van der Waals surface area contributed by atoms with Crippen molar-refractivity contribution < 1.29 is 18.0 Å². The minimum absolute atomic E-state index is 0.167. The van der Waals surface area contributed by atoms with Gasteiger partial charge in [-0.1, -0.05) is 43.7 Å². The highest BCUT2D eigenvalue weighted by molar-refractivity contribution is 7.88. The predicted octanol–water partition coefficient (Wildman–Crippen LogP) is 0.769. The quantitative estimate of drug-likeness (QED) is 0.720. The van der Waals surface area contributed by atoms with Gasteiger partial charge in [-0.2, -0.15) is 4.31 Å². The number of amides is 3. The van der Waals surface area contributed by atoms with E-state index in [1.54, 1.807) is 0 Å². The molecule has 1 atom stereocenters. The molecule has 2 aliphatic heterocycles. The Bertz CT molecular complexity index is 806. The van der Waals surface area contributed by atoms with E-state index < -0.39 is 21.6 Å². The molecule has 27 heavy (non-hydrogen) atoms. The van der Waals surface area contributed by atoms with Crippen molar-refractivity contribution in [1.82, 2.24) is 19.4 Å². The van der Waals surface area contributed by atoms with Gasteiger partial charge >= 0.3 is 6.03 Å². The molecule has 0 spiro atoms. The Morgan fingerprint density at radius 1 is 1.07 bits per heavy atom. The van der Waals surface area contributed by atoms with Gasteiger partial charge in [-0.05, 0) is 12.0 Å². The normalized spacial score (nSPS) is 25.0. The first kappa shape index (κ1) is 19.8. The summed E-state index contributed by atoms with van der Waals surface area (Å²) >= 11 is 0. The first-order chi connectivity index (χ1) is 12.8. The second-order valence-electron chi connectivity index (χ2n) is 7.11. The molecule has 0 aliphatic carbocycles. The minimum atomic E-state index is -3.21. The highest BCUT2D eigenvalue weighted by Gasteiger charge is 2.52. The zero-order valence-corrected chi connectivity index (χ0v) is 16.5. The van der Waals surface area contributed by atoms with Crippen LogP contribution in [0.5, 0.6) is 0 Å². The van der Waals surface area contributed by atoms with Crippen molar-refractivity contribution in [3.05, 3.63) is 35.9 Å². The van der Waals surface area contributed by atoms with E-state index in [-0.39, 0.29) is 12.6 Å². The van der Waals surface area contributed by atoms with Crippen LogP contribution in [0.2, 0.25) is 0 Å². The van der Waals surface area contributed by atoms with Gasteiger partial charge in [0.05, 0.1) is 12.9 Å². The number of hydrogen-bond donors (Lipinski definition) is 1. The Kier molecular flexibility index (Phi) is 5.55. The number of piperazine rings is 1. The van der Waals surface area contributed by atoms with Gasteiger partial charge in [-0.25, -0.2) is 18.1 Å². The van der Waals surface area contributed by atoms with Crippen LogP contribution < -0.4 is 5.32 Å². The molecule has 0 bridgehead atoms. The van der Waals surface area contributed by atoms with Crippen molar-refractivity contribution in [1.29, 1.82) is 0 Å². The average Bonchev–Trinajstić information content (AvgIpc) is 2.88. The maximum Gasteiger partial charge on any atom is 0.326 e. The highest BCUT2D eigenvalue weighted by atomic mass is 32.2. The van der Waals surface area contributed by atoms with Crippen LogP contribution in [-0.2, 0) is 20.4 Å². The van der Waals surface area contributed by atoms with Gasteiger partial charge in [0.2, 0.25) is 10.0 Å². The Labute approximate surface area is 160 Å². The summed E-state index contributed by atoms with van der Waals surface area (Å²) in [7, 11) is -3.21. The lowest BCUT2D eigenvalue weighted by atomic mass is 9.85. The van der Waals surface area contributed by atoms with E-state index >= 15 is 0 Å². The number of nitrogens with one attached hydrogen (secondary N) is 1. The zero-order chi connectivity index (χ0) is 19.7. The van der Waals surface area contributed by atoms with Crippen molar-refractivity contribution in [2.45, 2.75) is 25.3 Å². The van der Waals surface area contributed by atoms with Crippen LogP contribution in [0.15, 0.2) is 30.3 Å². The van der Waals surface area contributed by atoms with Gasteiger partial charge in [0.15, 0.2) is 0 Å². The van der Waals surface area contributed by atoms with E-state index in [2.05, 4.69) is 5.32 Å². The monoisotopic (exact) mass is 394 g/mol. The van der Waals surface area contributed by atoms with Crippen molar-refractivity contribution >= 4 is 22.0 Å². The van der Waals surface area contributed by atoms with Crippen LogP contribution in [-0.4, -0.2) is 73.6 Å². The fourth-order valence-corrected chi connectivity index (χ4v) is 4.59. The lowest BCUT2D eigenvalue weighted by Gasteiger charge is -2.35. The fraction of sp³-hybridized carbons (Fsp3) is 0.556. The molecule has 3 amide bonds. The smallest absolute Gasteiger partial charge is 0.319 e. The summed E-state index contributed by atoms with van der Waals surface area (Å²) in [6.07, 6.45) is 2.47. The molecular formula is C18H26N4O4S. The summed E-state index contributed by atoms with van der Waals surface area (Å²) in [5, 5.41) is 2.91. The summed E-state index contributed by atoms with van der Waals surface area (Å²) in [5.41, 5.74) is -0.239. The fourth-order valence-electron chi connectivity index (χ4n) is 3.76. The Balaban J connectivity index is 1.74. The SMILES string of the molecule is CCCC1(c2ccccc2)NC(=O)N(CN2CCN(S(C)(=O)=O)CC2)C1=O. The van der Waals surface area contributed by atoms with Gasteiger partial charge in [-0.15, -0.1) is 0 Å². The molecule has 1 aromatic carbocycles. The number of carbonyl (C=O) groups excluding carboxylic acids is 2. The van der Waals surface area contributed by atoms with Crippen molar-refractivity contribution in [3.63, 3.8) is 0 Å². The lowest BCUT2D eigenvalue weighted by Crippen LogP contribution is -2.52. The van der Waals surface area contributed by atoms with Crippen LogP contribution in [0.1, 0.15) is 25.3 Å². The number of carbonyl (C=O) groups is 2. The third-order valence-electron chi connectivity index (χ3n) is 5.21. The third-order valence-corrected chi connectivity index (χ3v) is 6.51. The predicted molar refractivity (Wildman–Crippen MR) is 101 cm³/mol. The molecule has 0 saturated carbocycles. The van der Waals surface area contributed by atoms with Gasteiger partial charge in [0, 0.05) is 26.2 Å². The lowest BCUT2D eigenvalue weighted by molar-refractivity contribution is -0.133. The van der Waals surface area contributed by atoms with Crippen molar-refractivity contribution in [2.24, 2.45) is 0 Å². The third kappa shape index (κ3) is 3.85. The molecular weight excluding hydrogens is 368 g/mol. The second-order valence-corrected chi connectivity index (χ2v) is 9.09. The van der Waals surface area contributed by atoms with E-state index in [0.717, 1.165) is 12.0 Å². The van der Waals surface area contributed by atoms with E-state index in [0.29, 0.717) is 32.6 Å². The standard InChI is InChI=1S/C18H26N4O4S/c1-3-9-18(15-7-5-4-6-8-15)16(23)22(17(24)19-18)14-20-10-12-21(13-11-20)27(2,25)26/h4-8H,3,9-14H2,1-2H3,(H,19,24). The van der Waals surface area contributed by atoms with E-state index in [1.165, 1.54) is 15.5 Å². The number of benzene rings is 1. The summed E-state index contributed by atoms with van der Waals surface area (Å²) in [5.74, 6) is -0.244. The van der Waals surface area contributed by atoms with Crippen LogP contribution in [0.25, 0.3) is 0 Å². The number of sulfonamides is 1. The zero-order valence-electron chi connectivity index (χ0n) is 15.7. The molecule has 0 aromatic heterocycles. The van der Waals surface area contributed by atoms with Gasteiger partial charge in [-0.3, -0.25) is 9.69 Å². The summed E-state index contributed by atoms with van der Waals surface area (Å²) in [6, 6.07) is 8.93. The molecule has 148 valence electrons. The van der Waals surface area contributed by atoms with Crippen molar-refractivity contribution in [3.8, 4) is 0 Å². The number of hydrogen-bond acceptors (Lipinski definition) is 5. The Hall–Kier alpha value is -1.97. The topological polar surface area (TPSA) is 90.0 Å². The first-order valence-corrected chi connectivity index (χ1v) is 11.0. The molecule has 2 aliphatic rings. The Morgan fingerprint density at radius 3 is 2.26 bits per heavy atom. The molecule has 3 rings (SSSR count). The molecule has 2 heterocycles. The molecule has 2 saturated heterocycles. The van der Waals surface area contributed by atoms with Gasteiger partial charge in [0.25, 0.3) is 5.91 Å². The maximum atomic E-state index is 13.2. The molecule has 2 fully saturated rings. The molecule has 8 nitrogen and oxygen atoms in total. The molecule has 1 unspecified atom stereocenters. The molecule has 0 radical (unpaired) electrons. The summed E-state index contributed by atoms with van der Waals surface area (Å²) in [4.78, 5) is 29.0. The average molecular weight is 394 g/mol. The second kappa shape index (κ2) is 7.57. The molecule has 1 aromatic rings. The minimum Gasteiger partial charge on any atom is -0.319 e. The van der Waals surface area contributed by atoms with E-state index in [9.17, 15) is 18.0 Å². The van der Waals surface area contributed by atoms with Crippen LogP contribution in [0.4, 0.5) is 4.79 Å². The Morgan fingerprint density at radius 2 is 1.70 bits per heavy atom. The van der Waals surface area contributed by atoms with Crippen LogP contribution in [0, 0.1) is 0 Å². The van der Waals surface area contributed by atoms with Gasteiger partial charge in [0.1, 0.15) is 5.54 Å². The van der Waals surface area contributed by atoms with Gasteiger partial charge < -0.3 is 5.32 Å². The molecule has 9 heteroatoms. The van der Waals surface area contributed by atoms with Crippen LogP contribution >= 0.6 is 0 Å². The van der Waals surface area contributed by atoms with E-state index in [1.807, 2.05) is 42.2 Å². The number of rotatable bonds is 6. The van der Waals surface area contributed by atoms with Crippen molar-refractivity contribution in [2.75, 3.05) is 39.1 Å². The summed E-state index contributed by atoms with van der Waals surface area (Å²) in [6.45, 7) is 3.84. The largest absolute Gasteiger partial charge is 0.326 e. The van der Waals surface area contributed by atoms with E-state index in [4.69, 9.17) is 0 Å².